The van der Waals surface area contributed by atoms with Crippen LogP contribution in [0.25, 0.3) is 0 Å². The van der Waals surface area contributed by atoms with E-state index in [0.29, 0.717) is 6.54 Å². The molecule has 1 aliphatic rings. The standard InChI is InChI=1S/C13H27NO2S2/c1-5-12(3,6-2)11-13(4,17)9-7-8-10-14(11)18(15)16/h11,17H,5-10H2,1-4H3,(H,15,16). The SMILES string of the molecule is CCC(C)(CC)C1N(S(=O)O)CCCCC1(C)S. The Morgan fingerprint density at radius 2 is 2.00 bits per heavy atom. The van der Waals surface area contributed by atoms with Crippen molar-refractivity contribution in [2.24, 2.45) is 5.41 Å². The van der Waals surface area contributed by atoms with Crippen LogP contribution in [0.15, 0.2) is 0 Å². The summed E-state index contributed by atoms with van der Waals surface area (Å²) in [5.41, 5.74) is 0.0270. The summed E-state index contributed by atoms with van der Waals surface area (Å²) in [5, 5.41) is 0. The van der Waals surface area contributed by atoms with Gasteiger partial charge in [0.25, 0.3) is 0 Å². The summed E-state index contributed by atoms with van der Waals surface area (Å²) in [5.74, 6) is 0. The van der Waals surface area contributed by atoms with Gasteiger partial charge in [-0.25, -0.2) is 4.21 Å². The second-order valence-electron chi connectivity index (χ2n) is 5.95. The molecule has 0 aliphatic carbocycles. The highest BCUT2D eigenvalue weighted by atomic mass is 32.2. The Labute approximate surface area is 120 Å². The zero-order chi connectivity index (χ0) is 14.0. The summed E-state index contributed by atoms with van der Waals surface area (Å²) in [6, 6.07) is 0.0386. The Balaban J connectivity index is 3.20. The lowest BCUT2D eigenvalue weighted by Gasteiger charge is -2.48. The van der Waals surface area contributed by atoms with Crippen molar-refractivity contribution >= 4 is 23.9 Å². The molecule has 0 bridgehead atoms. The topological polar surface area (TPSA) is 40.5 Å². The van der Waals surface area contributed by atoms with Gasteiger partial charge < -0.3 is 0 Å². The second kappa shape index (κ2) is 6.25. The molecule has 5 heteroatoms. The third-order valence-corrected chi connectivity index (χ3v) is 5.93. The normalized spacial score (nSPS) is 33.1. The van der Waals surface area contributed by atoms with E-state index in [9.17, 15) is 8.76 Å². The fourth-order valence-electron chi connectivity index (χ4n) is 3.23. The van der Waals surface area contributed by atoms with Gasteiger partial charge in [-0.2, -0.15) is 16.9 Å². The first-order valence-electron chi connectivity index (χ1n) is 6.88. The molecule has 1 saturated heterocycles. The second-order valence-corrected chi connectivity index (χ2v) is 7.90. The van der Waals surface area contributed by atoms with Crippen LogP contribution in [0.1, 0.15) is 59.8 Å². The molecule has 1 fully saturated rings. The van der Waals surface area contributed by atoms with Crippen LogP contribution in [0.4, 0.5) is 0 Å². The average Bonchev–Trinajstić information content (AvgIpc) is 2.47. The number of rotatable bonds is 4. The van der Waals surface area contributed by atoms with E-state index < -0.39 is 11.3 Å². The van der Waals surface area contributed by atoms with E-state index in [0.717, 1.165) is 32.1 Å². The Morgan fingerprint density at radius 3 is 2.44 bits per heavy atom. The highest BCUT2D eigenvalue weighted by Crippen LogP contribution is 2.45. The van der Waals surface area contributed by atoms with Crippen molar-refractivity contribution in [1.82, 2.24) is 4.31 Å². The quantitative estimate of drug-likeness (QED) is 0.615. The zero-order valence-electron chi connectivity index (χ0n) is 12.0. The first-order chi connectivity index (χ1) is 8.28. The molecule has 1 aliphatic heterocycles. The molecule has 18 heavy (non-hydrogen) atoms. The Kier molecular flexibility index (Phi) is 5.72. The van der Waals surface area contributed by atoms with Crippen molar-refractivity contribution in [2.45, 2.75) is 70.6 Å². The lowest BCUT2D eigenvalue weighted by molar-refractivity contribution is 0.105. The van der Waals surface area contributed by atoms with Crippen molar-refractivity contribution in [1.29, 1.82) is 0 Å². The van der Waals surface area contributed by atoms with Crippen LogP contribution in [0.5, 0.6) is 0 Å². The van der Waals surface area contributed by atoms with Gasteiger partial charge in [0.1, 0.15) is 0 Å². The molecule has 1 rings (SSSR count). The molecule has 0 aromatic rings. The summed E-state index contributed by atoms with van der Waals surface area (Å²) in [4.78, 5) is 0. The number of hydrogen-bond donors (Lipinski definition) is 2. The van der Waals surface area contributed by atoms with Gasteiger partial charge in [-0.1, -0.05) is 27.2 Å². The molecule has 0 amide bonds. The average molecular weight is 293 g/mol. The van der Waals surface area contributed by atoms with Crippen LogP contribution in [0.3, 0.4) is 0 Å². The van der Waals surface area contributed by atoms with Crippen molar-refractivity contribution in [3.8, 4) is 0 Å². The molecule has 0 radical (unpaired) electrons. The molecule has 1 N–H and O–H groups in total. The first kappa shape index (κ1) is 16.5. The lowest BCUT2D eigenvalue weighted by Crippen LogP contribution is -2.56. The summed E-state index contributed by atoms with van der Waals surface area (Å²) >= 11 is 2.94. The van der Waals surface area contributed by atoms with Crippen LogP contribution in [0, 0.1) is 5.41 Å². The molecule has 0 saturated carbocycles. The maximum atomic E-state index is 11.7. The van der Waals surface area contributed by atoms with E-state index in [1.165, 1.54) is 0 Å². The summed E-state index contributed by atoms with van der Waals surface area (Å²) in [7, 11) is 0. The van der Waals surface area contributed by atoms with E-state index in [4.69, 9.17) is 12.6 Å². The first-order valence-corrected chi connectivity index (χ1v) is 8.39. The number of hydrogen-bond acceptors (Lipinski definition) is 2. The van der Waals surface area contributed by atoms with E-state index in [2.05, 4.69) is 27.7 Å². The zero-order valence-corrected chi connectivity index (χ0v) is 13.7. The van der Waals surface area contributed by atoms with E-state index >= 15 is 0 Å². The van der Waals surface area contributed by atoms with E-state index in [1.54, 1.807) is 4.31 Å². The predicted octanol–water partition coefficient (Wildman–Crippen LogP) is 3.49. The van der Waals surface area contributed by atoms with Gasteiger partial charge in [-0.3, -0.25) is 4.55 Å². The summed E-state index contributed by atoms with van der Waals surface area (Å²) in [6.07, 6.45) is 5.05. The van der Waals surface area contributed by atoms with Gasteiger partial charge in [-0.05, 0) is 38.0 Å². The lowest BCUT2D eigenvalue weighted by atomic mass is 9.71. The molecular formula is C13H27NO2S2. The Bertz CT molecular complexity index is 303. The Morgan fingerprint density at radius 1 is 1.44 bits per heavy atom. The van der Waals surface area contributed by atoms with Crippen LogP contribution in [-0.2, 0) is 11.3 Å². The highest BCUT2D eigenvalue weighted by molar-refractivity contribution is 7.82. The van der Waals surface area contributed by atoms with E-state index in [-0.39, 0.29) is 16.2 Å². The van der Waals surface area contributed by atoms with Gasteiger partial charge in [0.2, 0.25) is 11.3 Å². The fraction of sp³-hybridized carbons (Fsp3) is 1.00. The van der Waals surface area contributed by atoms with Crippen LogP contribution < -0.4 is 0 Å². The van der Waals surface area contributed by atoms with Crippen molar-refractivity contribution < 1.29 is 8.76 Å². The largest absolute Gasteiger partial charge is 0.294 e. The summed E-state index contributed by atoms with van der Waals surface area (Å²) in [6.45, 7) is 9.36. The minimum Gasteiger partial charge on any atom is -0.294 e. The minimum absolute atomic E-state index is 0.0270. The van der Waals surface area contributed by atoms with Gasteiger partial charge in [0, 0.05) is 17.3 Å². The third-order valence-electron chi connectivity index (χ3n) is 4.66. The maximum Gasteiger partial charge on any atom is 0.234 e. The van der Waals surface area contributed by atoms with Crippen LogP contribution in [-0.4, -0.2) is 30.4 Å². The van der Waals surface area contributed by atoms with Crippen molar-refractivity contribution in [2.75, 3.05) is 6.54 Å². The third kappa shape index (κ3) is 3.30. The van der Waals surface area contributed by atoms with Gasteiger partial charge in [0.05, 0.1) is 0 Å². The number of nitrogens with zero attached hydrogens (tertiary/aromatic N) is 1. The predicted molar refractivity (Wildman–Crippen MR) is 81.2 cm³/mol. The molecule has 1 heterocycles. The molecule has 3 unspecified atom stereocenters. The summed E-state index contributed by atoms with van der Waals surface area (Å²) < 4.78 is 22.9. The maximum absolute atomic E-state index is 11.7. The molecule has 0 aromatic heterocycles. The van der Waals surface area contributed by atoms with E-state index in [1.807, 2.05) is 0 Å². The van der Waals surface area contributed by atoms with Crippen LogP contribution >= 0.6 is 12.6 Å². The van der Waals surface area contributed by atoms with Gasteiger partial charge in [-0.15, -0.1) is 0 Å². The molecule has 3 atom stereocenters. The molecule has 108 valence electrons. The molecule has 0 spiro atoms. The smallest absolute Gasteiger partial charge is 0.234 e. The molecular weight excluding hydrogens is 266 g/mol. The van der Waals surface area contributed by atoms with Crippen molar-refractivity contribution in [3.05, 3.63) is 0 Å². The highest BCUT2D eigenvalue weighted by Gasteiger charge is 2.48. The fourth-order valence-corrected chi connectivity index (χ4v) is 4.87. The van der Waals surface area contributed by atoms with Crippen molar-refractivity contribution in [3.63, 3.8) is 0 Å². The Hall–Kier alpha value is 0.420. The number of thiol groups is 1. The minimum atomic E-state index is -1.91. The molecule has 3 nitrogen and oxygen atoms in total. The van der Waals surface area contributed by atoms with Crippen LogP contribution in [0.2, 0.25) is 0 Å². The van der Waals surface area contributed by atoms with Gasteiger partial charge >= 0.3 is 0 Å². The molecule has 0 aromatic carbocycles. The monoisotopic (exact) mass is 293 g/mol. The van der Waals surface area contributed by atoms with Gasteiger partial charge in [0.15, 0.2) is 0 Å².